The Morgan fingerprint density at radius 3 is 2.32 bits per heavy atom. The lowest BCUT2D eigenvalue weighted by Crippen LogP contribution is -2.24. The quantitative estimate of drug-likeness (QED) is 0.855. The maximum atomic E-state index is 5.39. The van der Waals surface area contributed by atoms with Crippen LogP contribution in [0.2, 0.25) is 0 Å². The lowest BCUT2D eigenvalue weighted by Gasteiger charge is -2.17. The number of rotatable bonds is 6. The molecule has 1 aromatic carbocycles. The standard InChI is InChI=1S/C15H23NO3/c1-17-10-12-9-15(19-3)14(18-2)8-11(12)7-13-5-4-6-16-13/h8-9,13,16H,4-7,10H2,1-3H3. The summed E-state index contributed by atoms with van der Waals surface area (Å²) < 4.78 is 16.0. The van der Waals surface area contributed by atoms with Crippen molar-refractivity contribution in [1.82, 2.24) is 5.32 Å². The third kappa shape index (κ3) is 3.39. The Morgan fingerprint density at radius 2 is 1.79 bits per heavy atom. The summed E-state index contributed by atoms with van der Waals surface area (Å²) in [6.07, 6.45) is 3.51. The zero-order chi connectivity index (χ0) is 13.7. The SMILES string of the molecule is COCc1cc(OC)c(OC)cc1CC1CCCN1. The van der Waals surface area contributed by atoms with Crippen molar-refractivity contribution in [2.24, 2.45) is 0 Å². The lowest BCUT2D eigenvalue weighted by molar-refractivity contribution is 0.183. The minimum atomic E-state index is 0.564. The first kappa shape index (κ1) is 14.2. The largest absolute Gasteiger partial charge is 0.493 e. The highest BCUT2D eigenvalue weighted by atomic mass is 16.5. The monoisotopic (exact) mass is 265 g/mol. The molecular weight excluding hydrogens is 242 g/mol. The van der Waals surface area contributed by atoms with Crippen molar-refractivity contribution in [3.63, 3.8) is 0 Å². The van der Waals surface area contributed by atoms with Gasteiger partial charge in [-0.1, -0.05) is 0 Å². The average Bonchev–Trinajstić information content (AvgIpc) is 2.93. The molecule has 0 aliphatic carbocycles. The number of methoxy groups -OCH3 is 3. The van der Waals surface area contributed by atoms with Crippen LogP contribution in [0.25, 0.3) is 0 Å². The second-order valence-electron chi connectivity index (χ2n) is 4.91. The van der Waals surface area contributed by atoms with Gasteiger partial charge in [0, 0.05) is 13.2 Å². The molecule has 1 heterocycles. The van der Waals surface area contributed by atoms with Crippen LogP contribution < -0.4 is 14.8 Å². The molecule has 4 heteroatoms. The van der Waals surface area contributed by atoms with Gasteiger partial charge in [0.05, 0.1) is 20.8 Å². The summed E-state index contributed by atoms with van der Waals surface area (Å²) >= 11 is 0. The summed E-state index contributed by atoms with van der Waals surface area (Å²) in [5.74, 6) is 1.55. The van der Waals surface area contributed by atoms with Crippen molar-refractivity contribution in [1.29, 1.82) is 0 Å². The molecule has 0 spiro atoms. The predicted molar refractivity (Wildman–Crippen MR) is 75.0 cm³/mol. The van der Waals surface area contributed by atoms with Gasteiger partial charge in [0.2, 0.25) is 0 Å². The maximum Gasteiger partial charge on any atom is 0.161 e. The first-order valence-electron chi connectivity index (χ1n) is 6.74. The highest BCUT2D eigenvalue weighted by Gasteiger charge is 2.18. The number of hydrogen-bond donors (Lipinski definition) is 1. The van der Waals surface area contributed by atoms with Crippen LogP contribution in [0.4, 0.5) is 0 Å². The molecule has 1 N–H and O–H groups in total. The molecule has 19 heavy (non-hydrogen) atoms. The van der Waals surface area contributed by atoms with E-state index in [1.165, 1.54) is 24.0 Å². The van der Waals surface area contributed by atoms with E-state index in [1.54, 1.807) is 21.3 Å². The number of ether oxygens (including phenoxy) is 3. The molecule has 1 unspecified atom stereocenters. The minimum Gasteiger partial charge on any atom is -0.493 e. The zero-order valence-corrected chi connectivity index (χ0v) is 12.0. The summed E-state index contributed by atoms with van der Waals surface area (Å²) in [4.78, 5) is 0. The van der Waals surface area contributed by atoms with Crippen molar-refractivity contribution >= 4 is 0 Å². The second-order valence-corrected chi connectivity index (χ2v) is 4.91. The van der Waals surface area contributed by atoms with Gasteiger partial charge in [0.25, 0.3) is 0 Å². The lowest BCUT2D eigenvalue weighted by atomic mass is 9.99. The molecule has 0 amide bonds. The van der Waals surface area contributed by atoms with Gasteiger partial charge in [-0.15, -0.1) is 0 Å². The predicted octanol–water partition coefficient (Wildman–Crippen LogP) is 2.14. The zero-order valence-electron chi connectivity index (χ0n) is 12.0. The van der Waals surface area contributed by atoms with E-state index in [4.69, 9.17) is 14.2 Å². The van der Waals surface area contributed by atoms with Gasteiger partial charge in [-0.25, -0.2) is 0 Å². The summed E-state index contributed by atoms with van der Waals surface area (Å²) in [6.45, 7) is 1.72. The van der Waals surface area contributed by atoms with E-state index in [9.17, 15) is 0 Å². The fraction of sp³-hybridized carbons (Fsp3) is 0.600. The molecule has 2 rings (SSSR count). The average molecular weight is 265 g/mol. The molecule has 0 bridgehead atoms. The van der Waals surface area contributed by atoms with Crippen molar-refractivity contribution < 1.29 is 14.2 Å². The van der Waals surface area contributed by atoms with Crippen molar-refractivity contribution in [2.75, 3.05) is 27.9 Å². The molecule has 4 nitrogen and oxygen atoms in total. The summed E-state index contributed by atoms with van der Waals surface area (Å²) in [5, 5.41) is 3.53. The number of hydrogen-bond acceptors (Lipinski definition) is 4. The van der Waals surface area contributed by atoms with E-state index in [0.29, 0.717) is 12.6 Å². The van der Waals surface area contributed by atoms with E-state index in [-0.39, 0.29) is 0 Å². The van der Waals surface area contributed by atoms with E-state index in [0.717, 1.165) is 24.5 Å². The smallest absolute Gasteiger partial charge is 0.161 e. The Morgan fingerprint density at radius 1 is 1.11 bits per heavy atom. The Balaban J connectivity index is 2.26. The highest BCUT2D eigenvalue weighted by Crippen LogP contribution is 2.32. The van der Waals surface area contributed by atoms with Crippen LogP contribution in [0.1, 0.15) is 24.0 Å². The summed E-state index contributed by atoms with van der Waals surface area (Å²) in [6, 6.07) is 4.66. The summed E-state index contributed by atoms with van der Waals surface area (Å²) in [5.41, 5.74) is 2.45. The molecule has 0 radical (unpaired) electrons. The van der Waals surface area contributed by atoms with E-state index < -0.39 is 0 Å². The Kier molecular flexibility index (Phi) is 5.05. The fourth-order valence-electron chi connectivity index (χ4n) is 2.64. The van der Waals surface area contributed by atoms with Crippen LogP contribution in [0, 0.1) is 0 Å². The first-order valence-corrected chi connectivity index (χ1v) is 6.74. The van der Waals surface area contributed by atoms with Crippen LogP contribution in [0.5, 0.6) is 11.5 Å². The second kappa shape index (κ2) is 6.78. The topological polar surface area (TPSA) is 39.7 Å². The van der Waals surface area contributed by atoms with Crippen LogP contribution in [0.15, 0.2) is 12.1 Å². The third-order valence-corrected chi connectivity index (χ3v) is 3.63. The van der Waals surface area contributed by atoms with Gasteiger partial charge >= 0.3 is 0 Å². The van der Waals surface area contributed by atoms with E-state index >= 15 is 0 Å². The molecule has 1 saturated heterocycles. The molecular formula is C15H23NO3. The summed E-state index contributed by atoms with van der Waals surface area (Å²) in [7, 11) is 5.05. The Labute approximate surface area is 115 Å². The Hall–Kier alpha value is -1.26. The van der Waals surface area contributed by atoms with Crippen LogP contribution >= 0.6 is 0 Å². The molecule has 1 atom stereocenters. The van der Waals surface area contributed by atoms with Gasteiger partial charge in [-0.2, -0.15) is 0 Å². The first-order chi connectivity index (χ1) is 9.28. The van der Waals surface area contributed by atoms with Crippen molar-refractivity contribution in [3.05, 3.63) is 23.3 Å². The molecule has 1 aromatic rings. The van der Waals surface area contributed by atoms with Crippen LogP contribution in [0.3, 0.4) is 0 Å². The van der Waals surface area contributed by atoms with Crippen LogP contribution in [-0.4, -0.2) is 33.9 Å². The van der Waals surface area contributed by atoms with Crippen molar-refractivity contribution in [3.8, 4) is 11.5 Å². The Bertz CT molecular complexity index is 414. The van der Waals surface area contributed by atoms with Gasteiger partial charge in [-0.05, 0) is 49.1 Å². The van der Waals surface area contributed by atoms with Gasteiger partial charge < -0.3 is 19.5 Å². The minimum absolute atomic E-state index is 0.564. The highest BCUT2D eigenvalue weighted by molar-refractivity contribution is 5.47. The normalized spacial score (nSPS) is 18.6. The molecule has 1 aliphatic rings. The van der Waals surface area contributed by atoms with E-state index in [1.807, 2.05) is 6.07 Å². The fourth-order valence-corrected chi connectivity index (χ4v) is 2.64. The molecule has 1 aliphatic heterocycles. The van der Waals surface area contributed by atoms with Gasteiger partial charge in [0.15, 0.2) is 11.5 Å². The molecule has 0 saturated carbocycles. The van der Waals surface area contributed by atoms with Crippen LogP contribution in [-0.2, 0) is 17.8 Å². The number of benzene rings is 1. The maximum absolute atomic E-state index is 5.39. The van der Waals surface area contributed by atoms with Gasteiger partial charge in [-0.3, -0.25) is 0 Å². The number of nitrogens with one attached hydrogen (secondary N) is 1. The van der Waals surface area contributed by atoms with Gasteiger partial charge in [0.1, 0.15) is 0 Å². The van der Waals surface area contributed by atoms with Crippen molar-refractivity contribution in [2.45, 2.75) is 31.9 Å². The molecule has 0 aromatic heterocycles. The molecule has 1 fully saturated rings. The van der Waals surface area contributed by atoms with E-state index in [2.05, 4.69) is 11.4 Å². The third-order valence-electron chi connectivity index (χ3n) is 3.63. The molecule has 106 valence electrons.